The van der Waals surface area contributed by atoms with Crippen LogP contribution in [0.2, 0.25) is 0 Å². The number of carbonyl (C=O) groups excluding carboxylic acids is 2. The predicted octanol–water partition coefficient (Wildman–Crippen LogP) is 5.75. The van der Waals surface area contributed by atoms with Crippen LogP contribution >= 0.6 is 0 Å². The third-order valence-corrected chi connectivity index (χ3v) is 5.15. The number of allylic oxidation sites excluding steroid dienone is 9. The maximum absolute atomic E-state index is 12.7. The Hall–Kier alpha value is -2.16. The molecule has 27 heavy (non-hydrogen) atoms. The molecule has 0 N–H and O–H groups in total. The molecule has 0 bridgehead atoms. The molecule has 0 aromatic carbocycles. The maximum Gasteiger partial charge on any atom is 0.330 e. The third kappa shape index (κ3) is 6.50. The van der Waals surface area contributed by atoms with Gasteiger partial charge in [0.15, 0.2) is 5.78 Å². The van der Waals surface area contributed by atoms with Crippen LogP contribution in [-0.2, 0) is 14.3 Å². The van der Waals surface area contributed by atoms with Gasteiger partial charge in [-0.05, 0) is 55.2 Å². The normalized spacial score (nSPS) is 21.7. The summed E-state index contributed by atoms with van der Waals surface area (Å²) in [5.41, 5.74) is 3.91. The zero-order chi connectivity index (χ0) is 20.8. The molecule has 148 valence electrons. The van der Waals surface area contributed by atoms with Crippen LogP contribution in [0, 0.1) is 17.3 Å². The van der Waals surface area contributed by atoms with Crippen molar-refractivity contribution in [3.8, 4) is 0 Å². The molecular formula is C24H34O3. The van der Waals surface area contributed by atoms with Crippen LogP contribution in [0.1, 0.15) is 54.9 Å². The van der Waals surface area contributed by atoms with Gasteiger partial charge in [-0.15, -0.1) is 0 Å². The third-order valence-electron chi connectivity index (χ3n) is 5.15. The lowest BCUT2D eigenvalue weighted by Crippen LogP contribution is -2.34. The SMILES string of the molecule is COC(=O)/C=C(C)/C=C/C=C(C)/C=C/C1=C(C)C(=O)C(C(C)C)CC1(C)C. The Balaban J connectivity index is 2.98. The summed E-state index contributed by atoms with van der Waals surface area (Å²) in [6.45, 7) is 14.5. The molecule has 0 radical (unpaired) electrons. The van der Waals surface area contributed by atoms with Crippen molar-refractivity contribution in [2.24, 2.45) is 17.3 Å². The van der Waals surface area contributed by atoms with Gasteiger partial charge in [0.1, 0.15) is 0 Å². The number of esters is 1. The van der Waals surface area contributed by atoms with Crippen molar-refractivity contribution < 1.29 is 14.3 Å². The molecule has 1 unspecified atom stereocenters. The number of methoxy groups -OCH3 is 1. The van der Waals surface area contributed by atoms with Crippen molar-refractivity contribution in [1.82, 2.24) is 0 Å². The Morgan fingerprint density at radius 3 is 2.37 bits per heavy atom. The molecule has 0 spiro atoms. The molecule has 0 amide bonds. The van der Waals surface area contributed by atoms with Gasteiger partial charge in [-0.25, -0.2) is 4.79 Å². The molecule has 1 aliphatic carbocycles. The standard InChI is InChI=1S/C24H34O3/c1-16(2)20-15-24(6,7)21(19(5)23(20)26)13-12-17(3)10-9-11-18(4)14-22(25)27-8/h9-14,16,20H,15H2,1-8H3/b11-9+,13-12+,17-10+,18-14+. The summed E-state index contributed by atoms with van der Waals surface area (Å²) in [7, 11) is 1.36. The lowest BCUT2D eigenvalue weighted by molar-refractivity contribution is -0.134. The quantitative estimate of drug-likeness (QED) is 0.339. The Morgan fingerprint density at radius 1 is 1.19 bits per heavy atom. The number of rotatable bonds is 6. The van der Waals surface area contributed by atoms with E-state index in [1.807, 2.05) is 45.1 Å². The van der Waals surface area contributed by atoms with Crippen molar-refractivity contribution in [3.05, 3.63) is 58.7 Å². The van der Waals surface area contributed by atoms with Crippen LogP contribution in [0.25, 0.3) is 0 Å². The van der Waals surface area contributed by atoms with E-state index in [2.05, 4.69) is 38.5 Å². The van der Waals surface area contributed by atoms with E-state index in [-0.39, 0.29) is 23.1 Å². The fourth-order valence-corrected chi connectivity index (χ4v) is 3.47. The first-order valence-corrected chi connectivity index (χ1v) is 9.54. The van der Waals surface area contributed by atoms with Gasteiger partial charge in [0.05, 0.1) is 7.11 Å². The molecular weight excluding hydrogens is 336 g/mol. The number of carbonyl (C=O) groups is 2. The number of Topliss-reactive ketones (excluding diaryl/α,β-unsaturated/α-hetero) is 1. The highest BCUT2D eigenvalue weighted by atomic mass is 16.5. The second-order valence-corrected chi connectivity index (χ2v) is 8.36. The second-order valence-electron chi connectivity index (χ2n) is 8.36. The fraction of sp³-hybridized carbons (Fsp3) is 0.500. The van der Waals surface area contributed by atoms with Gasteiger partial charge in [-0.3, -0.25) is 4.79 Å². The first kappa shape index (κ1) is 22.9. The van der Waals surface area contributed by atoms with E-state index in [1.165, 1.54) is 13.2 Å². The predicted molar refractivity (Wildman–Crippen MR) is 112 cm³/mol. The summed E-state index contributed by atoms with van der Waals surface area (Å²) >= 11 is 0. The van der Waals surface area contributed by atoms with E-state index in [0.717, 1.165) is 28.7 Å². The van der Waals surface area contributed by atoms with Crippen LogP contribution in [0.5, 0.6) is 0 Å². The van der Waals surface area contributed by atoms with Crippen LogP contribution in [-0.4, -0.2) is 18.9 Å². The van der Waals surface area contributed by atoms with Crippen molar-refractivity contribution >= 4 is 11.8 Å². The fourth-order valence-electron chi connectivity index (χ4n) is 3.47. The van der Waals surface area contributed by atoms with Crippen LogP contribution < -0.4 is 0 Å². The van der Waals surface area contributed by atoms with E-state index in [9.17, 15) is 9.59 Å². The average Bonchev–Trinajstić information content (AvgIpc) is 2.57. The van der Waals surface area contributed by atoms with Crippen molar-refractivity contribution in [1.29, 1.82) is 0 Å². The summed E-state index contributed by atoms with van der Waals surface area (Å²) in [6, 6.07) is 0. The Bertz CT molecular complexity index is 725. The molecule has 1 rings (SSSR count). The van der Waals surface area contributed by atoms with Gasteiger partial charge >= 0.3 is 5.97 Å². The van der Waals surface area contributed by atoms with Crippen molar-refractivity contribution in [2.75, 3.05) is 7.11 Å². The first-order valence-electron chi connectivity index (χ1n) is 9.54. The monoisotopic (exact) mass is 370 g/mol. The van der Waals surface area contributed by atoms with Gasteiger partial charge in [-0.1, -0.05) is 63.6 Å². The first-order chi connectivity index (χ1) is 12.5. The molecule has 1 atom stereocenters. The molecule has 0 aromatic heterocycles. The molecule has 0 aromatic rings. The van der Waals surface area contributed by atoms with Crippen LogP contribution in [0.4, 0.5) is 0 Å². The zero-order valence-corrected chi connectivity index (χ0v) is 18.1. The highest BCUT2D eigenvalue weighted by Crippen LogP contribution is 2.44. The summed E-state index contributed by atoms with van der Waals surface area (Å²) in [5, 5.41) is 0. The molecule has 3 nitrogen and oxygen atoms in total. The van der Waals surface area contributed by atoms with E-state index in [1.54, 1.807) is 0 Å². The van der Waals surface area contributed by atoms with Crippen molar-refractivity contribution in [3.63, 3.8) is 0 Å². The second kappa shape index (κ2) is 9.68. The van der Waals surface area contributed by atoms with E-state index >= 15 is 0 Å². The van der Waals surface area contributed by atoms with Gasteiger partial charge in [0.25, 0.3) is 0 Å². The Morgan fingerprint density at radius 2 is 1.81 bits per heavy atom. The largest absolute Gasteiger partial charge is 0.466 e. The minimum Gasteiger partial charge on any atom is -0.466 e. The van der Waals surface area contributed by atoms with E-state index < -0.39 is 0 Å². The van der Waals surface area contributed by atoms with Crippen molar-refractivity contribution in [2.45, 2.75) is 54.9 Å². The van der Waals surface area contributed by atoms with Crippen LogP contribution in [0.3, 0.4) is 0 Å². The highest BCUT2D eigenvalue weighted by Gasteiger charge is 2.38. The summed E-state index contributed by atoms with van der Waals surface area (Å²) in [4.78, 5) is 23.9. The lowest BCUT2D eigenvalue weighted by Gasteiger charge is -2.38. The number of ether oxygens (including phenoxy) is 1. The van der Waals surface area contributed by atoms with Gasteiger partial charge < -0.3 is 4.74 Å². The smallest absolute Gasteiger partial charge is 0.330 e. The lowest BCUT2D eigenvalue weighted by atomic mass is 9.65. The molecule has 1 aliphatic rings. The molecule has 0 fully saturated rings. The van der Waals surface area contributed by atoms with E-state index in [0.29, 0.717) is 5.92 Å². The molecule has 0 heterocycles. The maximum atomic E-state index is 12.7. The zero-order valence-electron chi connectivity index (χ0n) is 18.1. The minimum absolute atomic E-state index is 0.0145. The summed E-state index contributed by atoms with van der Waals surface area (Å²) in [6.07, 6.45) is 12.2. The van der Waals surface area contributed by atoms with Gasteiger partial charge in [0, 0.05) is 12.0 Å². The highest BCUT2D eigenvalue weighted by molar-refractivity contribution is 5.99. The number of hydrogen-bond acceptors (Lipinski definition) is 3. The Labute approximate surface area is 164 Å². The summed E-state index contributed by atoms with van der Waals surface area (Å²) < 4.78 is 4.61. The topological polar surface area (TPSA) is 43.4 Å². The van der Waals surface area contributed by atoms with Crippen LogP contribution in [0.15, 0.2) is 58.7 Å². The number of ketones is 1. The molecule has 3 heteroatoms. The molecule has 0 saturated heterocycles. The average molecular weight is 371 g/mol. The van der Waals surface area contributed by atoms with Gasteiger partial charge in [-0.2, -0.15) is 0 Å². The number of hydrogen-bond donors (Lipinski definition) is 0. The Kier molecular flexibility index (Phi) is 8.20. The van der Waals surface area contributed by atoms with E-state index in [4.69, 9.17) is 0 Å². The molecule has 0 saturated carbocycles. The summed E-state index contributed by atoms with van der Waals surface area (Å²) in [5.74, 6) is 0.407. The molecule has 0 aliphatic heterocycles. The minimum atomic E-state index is -0.357. The van der Waals surface area contributed by atoms with Gasteiger partial charge in [0.2, 0.25) is 0 Å².